The quantitative estimate of drug-likeness (QED) is 0.797. The maximum Gasteiger partial charge on any atom is 0.0629 e. The van der Waals surface area contributed by atoms with Gasteiger partial charge in [-0.1, -0.05) is 17.7 Å². The largest absolute Gasteiger partial charge is 0.377 e. The first kappa shape index (κ1) is 13.8. The molecule has 16 heavy (non-hydrogen) atoms. The summed E-state index contributed by atoms with van der Waals surface area (Å²) >= 11 is 7.60. The van der Waals surface area contributed by atoms with Gasteiger partial charge < -0.3 is 10.5 Å². The van der Waals surface area contributed by atoms with Gasteiger partial charge in [-0.2, -0.15) is 0 Å². The molecule has 1 atom stereocenters. The highest BCUT2D eigenvalue weighted by Crippen LogP contribution is 2.21. The van der Waals surface area contributed by atoms with E-state index >= 15 is 0 Å². The summed E-state index contributed by atoms with van der Waals surface area (Å²) in [6, 6.07) is 7.86. The van der Waals surface area contributed by atoms with Gasteiger partial charge in [0.2, 0.25) is 0 Å². The van der Waals surface area contributed by atoms with Crippen molar-refractivity contribution in [3.63, 3.8) is 0 Å². The Morgan fingerprint density at radius 3 is 2.81 bits per heavy atom. The van der Waals surface area contributed by atoms with Crippen molar-refractivity contribution in [1.82, 2.24) is 0 Å². The zero-order chi connectivity index (χ0) is 12.0. The minimum absolute atomic E-state index is 0.0615. The lowest BCUT2D eigenvalue weighted by Gasteiger charge is -2.13. The number of rotatable bonds is 6. The van der Waals surface area contributed by atoms with Crippen molar-refractivity contribution in [2.75, 3.05) is 12.4 Å². The van der Waals surface area contributed by atoms with Gasteiger partial charge in [-0.05, 0) is 32.0 Å². The lowest BCUT2D eigenvalue weighted by Crippen LogP contribution is -2.30. The summed E-state index contributed by atoms with van der Waals surface area (Å²) in [7, 11) is 0. The first-order valence-corrected chi connectivity index (χ1v) is 6.70. The summed E-state index contributed by atoms with van der Waals surface area (Å²) in [6.45, 7) is 4.62. The van der Waals surface area contributed by atoms with Crippen molar-refractivity contribution in [2.45, 2.75) is 30.9 Å². The Morgan fingerprint density at radius 1 is 1.44 bits per heavy atom. The number of hydrogen-bond acceptors (Lipinski definition) is 3. The van der Waals surface area contributed by atoms with Crippen LogP contribution in [0.2, 0.25) is 5.02 Å². The second-order valence-corrected chi connectivity index (χ2v) is 5.44. The molecule has 0 fully saturated rings. The third-order valence-corrected chi connectivity index (χ3v) is 3.32. The number of ether oxygens (including phenoxy) is 1. The SMILES string of the molecule is CC(C)OCC(N)CSc1cccc(Cl)c1. The highest BCUT2D eigenvalue weighted by atomic mass is 35.5. The molecule has 0 aliphatic rings. The molecule has 0 aliphatic carbocycles. The Labute approximate surface area is 107 Å². The van der Waals surface area contributed by atoms with Crippen LogP contribution < -0.4 is 5.73 Å². The second-order valence-electron chi connectivity index (χ2n) is 3.91. The third kappa shape index (κ3) is 5.75. The Morgan fingerprint density at radius 2 is 2.19 bits per heavy atom. The molecule has 0 saturated heterocycles. The predicted molar refractivity (Wildman–Crippen MR) is 71.2 cm³/mol. The van der Waals surface area contributed by atoms with Crippen molar-refractivity contribution < 1.29 is 4.74 Å². The van der Waals surface area contributed by atoms with E-state index in [9.17, 15) is 0 Å². The summed E-state index contributed by atoms with van der Waals surface area (Å²) < 4.78 is 5.45. The van der Waals surface area contributed by atoms with E-state index in [1.54, 1.807) is 11.8 Å². The third-order valence-electron chi connectivity index (χ3n) is 1.90. The molecular formula is C12H18ClNOS. The van der Waals surface area contributed by atoms with Crippen LogP contribution in [0.3, 0.4) is 0 Å². The van der Waals surface area contributed by atoms with Crippen LogP contribution in [-0.2, 0) is 4.74 Å². The van der Waals surface area contributed by atoms with Gasteiger partial charge in [0, 0.05) is 21.7 Å². The Hall–Kier alpha value is -0.220. The van der Waals surface area contributed by atoms with Crippen molar-refractivity contribution in [2.24, 2.45) is 5.73 Å². The van der Waals surface area contributed by atoms with E-state index in [1.165, 1.54) is 0 Å². The van der Waals surface area contributed by atoms with Crippen LogP contribution >= 0.6 is 23.4 Å². The van der Waals surface area contributed by atoms with Crippen molar-refractivity contribution >= 4 is 23.4 Å². The molecule has 1 rings (SSSR count). The van der Waals surface area contributed by atoms with Crippen LogP contribution in [0.1, 0.15) is 13.8 Å². The average Bonchev–Trinajstić information content (AvgIpc) is 2.23. The van der Waals surface area contributed by atoms with Crippen LogP contribution in [0.15, 0.2) is 29.2 Å². The summed E-state index contributed by atoms with van der Waals surface area (Å²) in [5.41, 5.74) is 5.93. The van der Waals surface area contributed by atoms with E-state index in [4.69, 9.17) is 22.1 Å². The van der Waals surface area contributed by atoms with Gasteiger partial charge in [0.05, 0.1) is 12.7 Å². The number of halogens is 1. The molecule has 0 heterocycles. The van der Waals surface area contributed by atoms with E-state index in [0.29, 0.717) is 6.61 Å². The first-order chi connectivity index (χ1) is 7.58. The first-order valence-electron chi connectivity index (χ1n) is 5.33. The number of thioether (sulfide) groups is 1. The molecule has 1 aromatic rings. The molecular weight excluding hydrogens is 242 g/mol. The fourth-order valence-electron chi connectivity index (χ4n) is 1.12. The smallest absolute Gasteiger partial charge is 0.0629 e. The summed E-state index contributed by atoms with van der Waals surface area (Å²) in [6.07, 6.45) is 0.238. The molecule has 0 bridgehead atoms. The lowest BCUT2D eigenvalue weighted by atomic mass is 10.4. The average molecular weight is 260 g/mol. The number of hydrogen-bond donors (Lipinski definition) is 1. The van der Waals surface area contributed by atoms with Gasteiger partial charge in [0.15, 0.2) is 0 Å². The van der Waals surface area contributed by atoms with Gasteiger partial charge >= 0.3 is 0 Å². The van der Waals surface area contributed by atoms with E-state index in [-0.39, 0.29) is 12.1 Å². The molecule has 0 aromatic heterocycles. The molecule has 1 aromatic carbocycles. The zero-order valence-electron chi connectivity index (χ0n) is 9.65. The topological polar surface area (TPSA) is 35.2 Å². The van der Waals surface area contributed by atoms with Crippen LogP contribution in [-0.4, -0.2) is 24.5 Å². The summed E-state index contributed by atoms with van der Waals surface area (Å²) in [4.78, 5) is 1.15. The summed E-state index contributed by atoms with van der Waals surface area (Å²) in [5, 5.41) is 0.761. The molecule has 4 heteroatoms. The highest BCUT2D eigenvalue weighted by Gasteiger charge is 2.05. The van der Waals surface area contributed by atoms with Gasteiger partial charge in [0.25, 0.3) is 0 Å². The standard InChI is InChI=1S/C12H18ClNOS/c1-9(2)15-7-11(14)8-16-12-5-3-4-10(13)6-12/h3-6,9,11H,7-8,14H2,1-2H3. The molecule has 2 nitrogen and oxygen atoms in total. The lowest BCUT2D eigenvalue weighted by molar-refractivity contribution is 0.0720. The van der Waals surface area contributed by atoms with Crippen LogP contribution in [0.25, 0.3) is 0 Å². The van der Waals surface area contributed by atoms with Crippen LogP contribution in [0, 0.1) is 0 Å². The molecule has 0 radical (unpaired) electrons. The monoisotopic (exact) mass is 259 g/mol. The predicted octanol–water partition coefficient (Wildman–Crippen LogP) is 3.18. The fraction of sp³-hybridized carbons (Fsp3) is 0.500. The Kier molecular flexibility index (Phi) is 6.21. The molecule has 2 N–H and O–H groups in total. The zero-order valence-corrected chi connectivity index (χ0v) is 11.2. The van der Waals surface area contributed by atoms with E-state index < -0.39 is 0 Å². The minimum atomic E-state index is 0.0615. The normalized spacial score (nSPS) is 13.1. The molecule has 1 unspecified atom stereocenters. The fourth-order valence-corrected chi connectivity index (χ4v) is 2.27. The molecule has 0 spiro atoms. The van der Waals surface area contributed by atoms with Crippen molar-refractivity contribution in [1.29, 1.82) is 0 Å². The van der Waals surface area contributed by atoms with Gasteiger partial charge in [-0.15, -0.1) is 11.8 Å². The van der Waals surface area contributed by atoms with Crippen molar-refractivity contribution in [3.05, 3.63) is 29.3 Å². The maximum atomic E-state index is 5.93. The number of benzene rings is 1. The highest BCUT2D eigenvalue weighted by molar-refractivity contribution is 7.99. The molecule has 0 saturated carbocycles. The van der Waals surface area contributed by atoms with E-state index in [1.807, 2.05) is 38.1 Å². The van der Waals surface area contributed by atoms with E-state index in [2.05, 4.69) is 0 Å². The van der Waals surface area contributed by atoms with E-state index in [0.717, 1.165) is 15.7 Å². The Balaban J connectivity index is 2.28. The van der Waals surface area contributed by atoms with Crippen molar-refractivity contribution in [3.8, 4) is 0 Å². The molecule has 90 valence electrons. The molecule has 0 aliphatic heterocycles. The van der Waals surface area contributed by atoms with Crippen LogP contribution in [0.5, 0.6) is 0 Å². The number of nitrogens with two attached hydrogens (primary N) is 1. The maximum absolute atomic E-state index is 5.93. The summed E-state index contributed by atoms with van der Waals surface area (Å²) in [5.74, 6) is 0.840. The van der Waals surface area contributed by atoms with Crippen LogP contribution in [0.4, 0.5) is 0 Å². The Bertz CT molecular complexity index is 320. The second kappa shape index (κ2) is 7.17. The van der Waals surface area contributed by atoms with Gasteiger partial charge in [0.1, 0.15) is 0 Å². The molecule has 0 amide bonds. The minimum Gasteiger partial charge on any atom is -0.377 e. The van der Waals surface area contributed by atoms with Gasteiger partial charge in [-0.3, -0.25) is 0 Å². The van der Waals surface area contributed by atoms with Gasteiger partial charge in [-0.25, -0.2) is 0 Å².